The topological polar surface area (TPSA) is 69.6 Å². The minimum atomic E-state index is -0.821. The van der Waals surface area contributed by atoms with E-state index < -0.39 is 12.1 Å². The number of aliphatic hydroxyl groups excluding tert-OH is 1. The van der Waals surface area contributed by atoms with Crippen molar-refractivity contribution in [2.75, 3.05) is 20.6 Å². The standard InChI is InChI=1S/C15H22N2O3/c1-11(14(19)13(10-18)17(2)3)9-16-15(20)12-7-5-4-6-8-12/h4-8,10-11,13-14,19H,9H2,1-3H3,(H,16,20)/t11-,13-,14-/m1/s1. The van der Waals surface area contributed by atoms with Gasteiger partial charge in [-0.05, 0) is 26.2 Å². The molecular weight excluding hydrogens is 256 g/mol. The molecule has 0 aliphatic rings. The zero-order valence-corrected chi connectivity index (χ0v) is 12.1. The molecule has 20 heavy (non-hydrogen) atoms. The molecule has 0 unspecified atom stereocenters. The summed E-state index contributed by atoms with van der Waals surface area (Å²) < 4.78 is 0. The Morgan fingerprint density at radius 3 is 2.45 bits per heavy atom. The summed E-state index contributed by atoms with van der Waals surface area (Å²) in [4.78, 5) is 24.5. The van der Waals surface area contributed by atoms with Crippen LogP contribution in [0.5, 0.6) is 0 Å². The first-order valence-corrected chi connectivity index (χ1v) is 6.60. The van der Waals surface area contributed by atoms with Crippen LogP contribution < -0.4 is 5.32 Å². The average molecular weight is 278 g/mol. The van der Waals surface area contributed by atoms with E-state index in [1.807, 2.05) is 6.07 Å². The van der Waals surface area contributed by atoms with E-state index >= 15 is 0 Å². The van der Waals surface area contributed by atoms with Crippen molar-refractivity contribution in [1.29, 1.82) is 0 Å². The van der Waals surface area contributed by atoms with Crippen LogP contribution in [-0.2, 0) is 4.79 Å². The predicted octanol–water partition coefficient (Wildman–Crippen LogP) is 0.542. The Hall–Kier alpha value is -1.72. The maximum Gasteiger partial charge on any atom is 0.251 e. The molecule has 0 saturated carbocycles. The molecule has 0 aliphatic carbocycles. The molecule has 0 bridgehead atoms. The van der Waals surface area contributed by atoms with Gasteiger partial charge >= 0.3 is 0 Å². The number of rotatable bonds is 7. The van der Waals surface area contributed by atoms with Gasteiger partial charge in [-0.25, -0.2) is 0 Å². The van der Waals surface area contributed by atoms with Gasteiger partial charge in [-0.1, -0.05) is 25.1 Å². The van der Waals surface area contributed by atoms with Crippen molar-refractivity contribution in [2.24, 2.45) is 5.92 Å². The lowest BCUT2D eigenvalue weighted by molar-refractivity contribution is -0.116. The Morgan fingerprint density at radius 1 is 1.35 bits per heavy atom. The smallest absolute Gasteiger partial charge is 0.251 e. The Balaban J connectivity index is 2.52. The van der Waals surface area contributed by atoms with Gasteiger partial charge in [0, 0.05) is 18.0 Å². The molecule has 1 aromatic rings. The SMILES string of the molecule is C[C@H](CNC(=O)c1ccccc1)[C@@H](O)[C@@H](C=O)N(C)C. The van der Waals surface area contributed by atoms with Crippen LogP contribution in [0.15, 0.2) is 30.3 Å². The summed E-state index contributed by atoms with van der Waals surface area (Å²) in [6.45, 7) is 2.11. The van der Waals surface area contributed by atoms with Gasteiger partial charge in [0.05, 0.1) is 12.1 Å². The van der Waals surface area contributed by atoms with Crippen LogP contribution >= 0.6 is 0 Å². The second-order valence-electron chi connectivity index (χ2n) is 5.13. The molecule has 1 aromatic carbocycles. The number of carbonyl (C=O) groups excluding carboxylic acids is 2. The van der Waals surface area contributed by atoms with E-state index in [0.717, 1.165) is 6.29 Å². The summed E-state index contributed by atoms with van der Waals surface area (Å²) in [6.07, 6.45) is -0.0984. The number of aliphatic hydroxyl groups is 1. The third kappa shape index (κ3) is 4.43. The Bertz CT molecular complexity index is 434. The van der Waals surface area contributed by atoms with Crippen molar-refractivity contribution in [3.8, 4) is 0 Å². The zero-order valence-electron chi connectivity index (χ0n) is 12.1. The quantitative estimate of drug-likeness (QED) is 0.714. The van der Waals surface area contributed by atoms with Crippen LogP contribution in [0.25, 0.3) is 0 Å². The number of hydrogen-bond donors (Lipinski definition) is 2. The first-order valence-electron chi connectivity index (χ1n) is 6.60. The molecule has 110 valence electrons. The van der Waals surface area contributed by atoms with Gasteiger partial charge in [0.1, 0.15) is 6.29 Å². The molecule has 0 aromatic heterocycles. The molecule has 1 amide bonds. The number of amides is 1. The van der Waals surface area contributed by atoms with Crippen LogP contribution in [0.1, 0.15) is 17.3 Å². The van der Waals surface area contributed by atoms with Crippen molar-refractivity contribution in [3.63, 3.8) is 0 Å². The van der Waals surface area contributed by atoms with Crippen molar-refractivity contribution < 1.29 is 14.7 Å². The third-order valence-electron chi connectivity index (χ3n) is 3.29. The molecule has 5 heteroatoms. The van der Waals surface area contributed by atoms with Crippen LogP contribution in [0.3, 0.4) is 0 Å². The highest BCUT2D eigenvalue weighted by atomic mass is 16.3. The number of benzene rings is 1. The van der Waals surface area contributed by atoms with Crippen molar-refractivity contribution >= 4 is 12.2 Å². The fraction of sp³-hybridized carbons (Fsp3) is 0.467. The fourth-order valence-electron chi connectivity index (χ4n) is 1.91. The third-order valence-corrected chi connectivity index (χ3v) is 3.29. The molecule has 3 atom stereocenters. The van der Waals surface area contributed by atoms with Gasteiger partial charge in [0.2, 0.25) is 0 Å². The van der Waals surface area contributed by atoms with Crippen LogP contribution in [0.4, 0.5) is 0 Å². The van der Waals surface area contributed by atoms with Crippen molar-refractivity contribution in [1.82, 2.24) is 10.2 Å². The minimum Gasteiger partial charge on any atom is -0.391 e. The normalized spacial score (nSPS) is 15.4. The van der Waals surface area contributed by atoms with Crippen LogP contribution in [0.2, 0.25) is 0 Å². The fourth-order valence-corrected chi connectivity index (χ4v) is 1.91. The molecule has 0 spiro atoms. The summed E-state index contributed by atoms with van der Waals surface area (Å²) >= 11 is 0. The van der Waals surface area contributed by atoms with Crippen molar-refractivity contribution in [2.45, 2.75) is 19.1 Å². The van der Waals surface area contributed by atoms with Crippen LogP contribution in [0, 0.1) is 5.92 Å². The second kappa shape index (κ2) is 7.77. The lowest BCUT2D eigenvalue weighted by atomic mass is 9.97. The first kappa shape index (κ1) is 16.3. The summed E-state index contributed by atoms with van der Waals surface area (Å²) in [7, 11) is 3.47. The van der Waals surface area contributed by atoms with Gasteiger partial charge in [0.15, 0.2) is 0 Å². The molecule has 2 N–H and O–H groups in total. The molecule has 0 heterocycles. The van der Waals surface area contributed by atoms with Gasteiger partial charge in [-0.2, -0.15) is 0 Å². The lowest BCUT2D eigenvalue weighted by Crippen LogP contribution is -2.46. The van der Waals surface area contributed by atoms with Gasteiger partial charge in [-0.3, -0.25) is 9.69 Å². The highest BCUT2D eigenvalue weighted by molar-refractivity contribution is 5.94. The summed E-state index contributed by atoms with van der Waals surface area (Å²) in [5, 5.41) is 12.9. The summed E-state index contributed by atoms with van der Waals surface area (Å²) in [5.74, 6) is -0.405. The number of nitrogens with one attached hydrogen (secondary N) is 1. The maximum absolute atomic E-state index is 11.9. The first-order chi connectivity index (χ1) is 9.47. The number of aldehydes is 1. The van der Waals surface area contributed by atoms with E-state index in [0.29, 0.717) is 12.1 Å². The van der Waals surface area contributed by atoms with E-state index in [4.69, 9.17) is 0 Å². The number of carbonyl (C=O) groups is 2. The highest BCUT2D eigenvalue weighted by Crippen LogP contribution is 2.09. The summed E-state index contributed by atoms with van der Waals surface area (Å²) in [6, 6.07) is 8.31. The zero-order chi connectivity index (χ0) is 15.1. The average Bonchev–Trinajstić information content (AvgIpc) is 2.45. The van der Waals surface area contributed by atoms with Crippen molar-refractivity contribution in [3.05, 3.63) is 35.9 Å². The van der Waals surface area contributed by atoms with E-state index in [9.17, 15) is 14.7 Å². The molecule has 0 radical (unpaired) electrons. The van der Waals surface area contributed by atoms with Gasteiger partial charge in [0.25, 0.3) is 5.91 Å². The number of nitrogens with zero attached hydrogens (tertiary/aromatic N) is 1. The monoisotopic (exact) mass is 278 g/mol. The van der Waals surface area contributed by atoms with E-state index in [1.165, 1.54) is 0 Å². The van der Waals surface area contributed by atoms with E-state index in [2.05, 4.69) is 5.32 Å². The predicted molar refractivity (Wildman–Crippen MR) is 77.5 cm³/mol. The lowest BCUT2D eigenvalue weighted by Gasteiger charge is -2.28. The van der Waals surface area contributed by atoms with E-state index in [-0.39, 0.29) is 11.8 Å². The van der Waals surface area contributed by atoms with Gasteiger partial charge < -0.3 is 15.2 Å². The second-order valence-corrected chi connectivity index (χ2v) is 5.13. The van der Waals surface area contributed by atoms with E-state index in [1.54, 1.807) is 50.2 Å². The Kier molecular flexibility index (Phi) is 6.35. The van der Waals surface area contributed by atoms with Gasteiger partial charge in [-0.15, -0.1) is 0 Å². The van der Waals surface area contributed by atoms with Crippen LogP contribution in [-0.4, -0.2) is 55.0 Å². The number of hydrogen-bond acceptors (Lipinski definition) is 4. The maximum atomic E-state index is 11.9. The molecule has 0 fully saturated rings. The Labute approximate surface area is 119 Å². The largest absolute Gasteiger partial charge is 0.391 e. The molecule has 0 saturated heterocycles. The molecule has 1 rings (SSSR count). The minimum absolute atomic E-state index is 0.183. The molecule has 5 nitrogen and oxygen atoms in total. The number of likely N-dealkylation sites (N-methyl/N-ethyl adjacent to an activating group) is 1. The molecule has 0 aliphatic heterocycles. The Morgan fingerprint density at radius 2 is 1.95 bits per heavy atom. The highest BCUT2D eigenvalue weighted by Gasteiger charge is 2.26. The molecular formula is C15H22N2O3. The summed E-state index contributed by atoms with van der Waals surface area (Å²) in [5.41, 5.74) is 0.578.